The van der Waals surface area contributed by atoms with Crippen LogP contribution in [-0.2, 0) is 13.0 Å². The molecule has 0 bridgehead atoms. The van der Waals surface area contributed by atoms with Gasteiger partial charge >= 0.3 is 0 Å². The van der Waals surface area contributed by atoms with E-state index in [-0.39, 0.29) is 0 Å². The molecule has 0 fully saturated rings. The molecule has 1 unspecified atom stereocenters. The van der Waals surface area contributed by atoms with E-state index in [0.29, 0.717) is 18.3 Å². The van der Waals surface area contributed by atoms with Crippen LogP contribution in [0.4, 0.5) is 0 Å². The first-order valence-electron chi connectivity index (χ1n) is 6.49. The standard InChI is InChI=1S/C15H20N2O2/c1-10(8-13-4-6-14(18)7-5-13)16-9-15-17-11(2)12(3)19-15/h4-7,10,16,18H,8-9H2,1-3H3. The van der Waals surface area contributed by atoms with Crippen molar-refractivity contribution >= 4 is 0 Å². The van der Waals surface area contributed by atoms with Crippen molar-refractivity contribution in [2.45, 2.75) is 39.8 Å². The molecule has 2 N–H and O–H groups in total. The summed E-state index contributed by atoms with van der Waals surface area (Å²) >= 11 is 0. The van der Waals surface area contributed by atoms with Crippen LogP contribution in [0, 0.1) is 13.8 Å². The Hall–Kier alpha value is -1.81. The second kappa shape index (κ2) is 5.89. The second-order valence-corrected chi connectivity index (χ2v) is 4.90. The highest BCUT2D eigenvalue weighted by atomic mass is 16.4. The van der Waals surface area contributed by atoms with E-state index in [1.165, 1.54) is 5.56 Å². The molecule has 1 aromatic carbocycles. The van der Waals surface area contributed by atoms with E-state index < -0.39 is 0 Å². The average Bonchev–Trinajstić information content (AvgIpc) is 2.69. The number of phenolic OH excluding ortho intramolecular Hbond substituents is 1. The topological polar surface area (TPSA) is 58.3 Å². The Morgan fingerprint density at radius 1 is 1.26 bits per heavy atom. The lowest BCUT2D eigenvalue weighted by Crippen LogP contribution is -2.27. The van der Waals surface area contributed by atoms with Crippen LogP contribution in [0.25, 0.3) is 0 Å². The number of nitrogens with one attached hydrogen (secondary N) is 1. The molecule has 0 saturated carbocycles. The van der Waals surface area contributed by atoms with Crippen molar-refractivity contribution in [3.8, 4) is 5.75 Å². The zero-order valence-corrected chi connectivity index (χ0v) is 11.6. The van der Waals surface area contributed by atoms with Gasteiger partial charge in [-0.15, -0.1) is 0 Å². The van der Waals surface area contributed by atoms with Crippen LogP contribution in [0.1, 0.15) is 29.8 Å². The summed E-state index contributed by atoms with van der Waals surface area (Å²) in [4.78, 5) is 4.34. The second-order valence-electron chi connectivity index (χ2n) is 4.90. The molecule has 0 spiro atoms. The number of nitrogens with zero attached hydrogens (tertiary/aromatic N) is 1. The Bertz CT molecular complexity index is 512. The zero-order valence-electron chi connectivity index (χ0n) is 11.6. The third-order valence-electron chi connectivity index (χ3n) is 3.15. The molecule has 1 aromatic heterocycles. The van der Waals surface area contributed by atoms with Gasteiger partial charge in [0.15, 0.2) is 0 Å². The maximum Gasteiger partial charge on any atom is 0.208 e. The summed E-state index contributed by atoms with van der Waals surface area (Å²) in [7, 11) is 0. The van der Waals surface area contributed by atoms with Crippen LogP contribution in [0.3, 0.4) is 0 Å². The van der Waals surface area contributed by atoms with Gasteiger partial charge in [-0.25, -0.2) is 4.98 Å². The van der Waals surface area contributed by atoms with Gasteiger partial charge in [-0.05, 0) is 44.9 Å². The van der Waals surface area contributed by atoms with Crippen LogP contribution >= 0.6 is 0 Å². The van der Waals surface area contributed by atoms with Crippen LogP contribution in [0.5, 0.6) is 5.75 Å². The van der Waals surface area contributed by atoms with Crippen molar-refractivity contribution in [1.82, 2.24) is 10.3 Å². The van der Waals surface area contributed by atoms with Crippen molar-refractivity contribution in [1.29, 1.82) is 0 Å². The first-order chi connectivity index (χ1) is 9.04. The highest BCUT2D eigenvalue weighted by Crippen LogP contribution is 2.12. The van der Waals surface area contributed by atoms with Gasteiger partial charge in [-0.2, -0.15) is 0 Å². The number of aryl methyl sites for hydroxylation is 2. The predicted molar refractivity (Wildman–Crippen MR) is 74.1 cm³/mol. The highest BCUT2D eigenvalue weighted by molar-refractivity contribution is 5.26. The smallest absolute Gasteiger partial charge is 0.208 e. The van der Waals surface area contributed by atoms with Gasteiger partial charge in [0.05, 0.1) is 12.2 Å². The lowest BCUT2D eigenvalue weighted by atomic mass is 10.1. The lowest BCUT2D eigenvalue weighted by molar-refractivity contribution is 0.427. The summed E-state index contributed by atoms with van der Waals surface area (Å²) in [5, 5.41) is 12.6. The quantitative estimate of drug-likeness (QED) is 0.868. The largest absolute Gasteiger partial charge is 0.508 e. The fourth-order valence-corrected chi connectivity index (χ4v) is 1.93. The molecule has 0 saturated heterocycles. The molecule has 4 nitrogen and oxygen atoms in total. The average molecular weight is 260 g/mol. The van der Waals surface area contributed by atoms with E-state index in [1.807, 2.05) is 26.0 Å². The molecular formula is C15H20N2O2. The number of rotatable bonds is 5. The first kappa shape index (κ1) is 13.6. The number of hydrogen-bond donors (Lipinski definition) is 2. The van der Waals surface area contributed by atoms with Crippen molar-refractivity contribution in [3.05, 3.63) is 47.2 Å². The number of oxazole rings is 1. The minimum atomic E-state index is 0.301. The van der Waals surface area contributed by atoms with Gasteiger partial charge in [0.25, 0.3) is 0 Å². The third-order valence-corrected chi connectivity index (χ3v) is 3.15. The zero-order chi connectivity index (χ0) is 13.8. The minimum Gasteiger partial charge on any atom is -0.508 e. The summed E-state index contributed by atoms with van der Waals surface area (Å²) in [5.41, 5.74) is 2.14. The summed E-state index contributed by atoms with van der Waals surface area (Å²) < 4.78 is 5.52. The third kappa shape index (κ3) is 3.83. The fraction of sp³-hybridized carbons (Fsp3) is 0.400. The van der Waals surface area contributed by atoms with Gasteiger partial charge in [-0.3, -0.25) is 0 Å². The van der Waals surface area contributed by atoms with Crippen LogP contribution in [0.2, 0.25) is 0 Å². The van der Waals surface area contributed by atoms with Crippen molar-refractivity contribution < 1.29 is 9.52 Å². The maximum absolute atomic E-state index is 9.23. The van der Waals surface area contributed by atoms with Gasteiger partial charge < -0.3 is 14.8 Å². The van der Waals surface area contributed by atoms with E-state index in [2.05, 4.69) is 17.2 Å². The molecule has 102 valence electrons. The molecule has 0 aliphatic rings. The van der Waals surface area contributed by atoms with Gasteiger partial charge in [0, 0.05) is 6.04 Å². The Morgan fingerprint density at radius 2 is 1.95 bits per heavy atom. The fourth-order valence-electron chi connectivity index (χ4n) is 1.93. The summed E-state index contributed by atoms with van der Waals surface area (Å²) in [6, 6.07) is 7.61. The molecule has 0 aliphatic carbocycles. The van der Waals surface area contributed by atoms with Gasteiger partial charge in [0.2, 0.25) is 5.89 Å². The molecule has 1 heterocycles. The van der Waals surface area contributed by atoms with Gasteiger partial charge in [0.1, 0.15) is 11.5 Å². The van der Waals surface area contributed by atoms with E-state index in [1.54, 1.807) is 12.1 Å². The Balaban J connectivity index is 1.84. The first-order valence-corrected chi connectivity index (χ1v) is 6.49. The van der Waals surface area contributed by atoms with Crippen LogP contribution in [0.15, 0.2) is 28.7 Å². The maximum atomic E-state index is 9.23. The van der Waals surface area contributed by atoms with Crippen LogP contribution in [-0.4, -0.2) is 16.1 Å². The Morgan fingerprint density at radius 3 is 2.53 bits per heavy atom. The van der Waals surface area contributed by atoms with Crippen molar-refractivity contribution in [2.75, 3.05) is 0 Å². The van der Waals surface area contributed by atoms with Crippen LogP contribution < -0.4 is 5.32 Å². The molecule has 0 aliphatic heterocycles. The highest BCUT2D eigenvalue weighted by Gasteiger charge is 2.08. The molecular weight excluding hydrogens is 240 g/mol. The molecule has 2 aromatic rings. The van der Waals surface area contributed by atoms with E-state index in [4.69, 9.17) is 4.42 Å². The number of aromatic hydroxyl groups is 1. The lowest BCUT2D eigenvalue weighted by Gasteiger charge is -2.12. The predicted octanol–water partition coefficient (Wildman–Crippen LogP) is 2.72. The van der Waals surface area contributed by atoms with E-state index in [9.17, 15) is 5.11 Å². The number of aromatic nitrogens is 1. The molecule has 19 heavy (non-hydrogen) atoms. The Labute approximate surface area is 113 Å². The van der Waals surface area contributed by atoms with Gasteiger partial charge in [-0.1, -0.05) is 12.1 Å². The van der Waals surface area contributed by atoms with E-state index in [0.717, 1.165) is 23.8 Å². The molecule has 1 atom stereocenters. The molecule has 2 rings (SSSR count). The molecule has 4 heteroatoms. The molecule has 0 radical (unpaired) electrons. The monoisotopic (exact) mass is 260 g/mol. The van der Waals surface area contributed by atoms with E-state index >= 15 is 0 Å². The van der Waals surface area contributed by atoms with Crippen molar-refractivity contribution in [2.24, 2.45) is 0 Å². The summed E-state index contributed by atoms with van der Waals surface area (Å²) in [5.74, 6) is 1.91. The minimum absolute atomic E-state index is 0.301. The normalized spacial score (nSPS) is 12.6. The SMILES string of the molecule is Cc1nc(CNC(C)Cc2ccc(O)cc2)oc1C. The number of hydrogen-bond acceptors (Lipinski definition) is 4. The molecule has 0 amide bonds. The number of benzene rings is 1. The number of phenols is 1. The summed E-state index contributed by atoms with van der Waals surface area (Å²) in [6.45, 7) is 6.62. The summed E-state index contributed by atoms with van der Waals surface area (Å²) in [6.07, 6.45) is 0.902. The Kier molecular flexibility index (Phi) is 4.22. The van der Waals surface area contributed by atoms with Crippen molar-refractivity contribution in [3.63, 3.8) is 0 Å².